The van der Waals surface area contributed by atoms with Crippen molar-refractivity contribution >= 4 is 5.91 Å². The lowest BCUT2D eigenvalue weighted by Gasteiger charge is -2.38. The van der Waals surface area contributed by atoms with E-state index in [-0.39, 0.29) is 22.8 Å². The van der Waals surface area contributed by atoms with Gasteiger partial charge >= 0.3 is 0 Å². The number of ether oxygens (including phenoxy) is 1. The number of amides is 1. The molecule has 1 atom stereocenters. The average Bonchev–Trinajstić information content (AvgIpc) is 2.10. The topological polar surface area (TPSA) is 64.4 Å². The van der Waals surface area contributed by atoms with Crippen molar-refractivity contribution in [1.29, 1.82) is 0 Å². The number of carbonyl (C=O) groups excluding carboxylic acids is 1. The van der Waals surface area contributed by atoms with E-state index in [0.29, 0.717) is 13.0 Å². The number of hydrogen-bond donors (Lipinski definition) is 2. The predicted molar refractivity (Wildman–Crippen MR) is 64.0 cm³/mol. The van der Waals surface area contributed by atoms with Crippen molar-refractivity contribution in [3.05, 3.63) is 0 Å². The molecule has 0 radical (unpaired) electrons. The number of nitrogens with one attached hydrogen (secondary N) is 1. The summed E-state index contributed by atoms with van der Waals surface area (Å²) in [5.41, 5.74) is 6.05. The van der Waals surface area contributed by atoms with Gasteiger partial charge in [0.25, 0.3) is 0 Å². The van der Waals surface area contributed by atoms with Crippen LogP contribution in [-0.2, 0) is 9.53 Å². The largest absolute Gasteiger partial charge is 0.380 e. The van der Waals surface area contributed by atoms with E-state index in [1.54, 1.807) is 0 Å². The summed E-state index contributed by atoms with van der Waals surface area (Å²) < 4.78 is 5.13. The maximum absolute atomic E-state index is 11.7. The molecule has 0 spiro atoms. The molecule has 1 saturated heterocycles. The molecule has 0 aromatic heterocycles. The van der Waals surface area contributed by atoms with E-state index in [1.807, 2.05) is 20.8 Å². The molecule has 1 heterocycles. The van der Waals surface area contributed by atoms with Crippen LogP contribution in [0.2, 0.25) is 0 Å². The number of nitrogens with two attached hydrogens (primary N) is 1. The summed E-state index contributed by atoms with van der Waals surface area (Å²) in [5, 5.41) is 2.93. The minimum Gasteiger partial charge on any atom is -0.380 e. The van der Waals surface area contributed by atoms with E-state index in [9.17, 15) is 4.79 Å². The van der Waals surface area contributed by atoms with Crippen molar-refractivity contribution in [2.45, 2.75) is 40.2 Å². The smallest absolute Gasteiger partial charge is 0.221 e. The van der Waals surface area contributed by atoms with Crippen LogP contribution in [0.1, 0.15) is 34.1 Å². The molecular formula is C12H24N2O2. The Kier molecular flexibility index (Phi) is 3.97. The number of hydrogen-bond acceptors (Lipinski definition) is 3. The second kappa shape index (κ2) is 4.72. The molecule has 16 heavy (non-hydrogen) atoms. The molecule has 0 aliphatic carbocycles. The maximum Gasteiger partial charge on any atom is 0.221 e. The van der Waals surface area contributed by atoms with Crippen LogP contribution >= 0.6 is 0 Å². The predicted octanol–water partition coefficient (Wildman–Crippen LogP) is 0.903. The Labute approximate surface area is 97.9 Å². The highest BCUT2D eigenvalue weighted by molar-refractivity contribution is 5.76. The van der Waals surface area contributed by atoms with E-state index in [0.717, 1.165) is 13.2 Å². The van der Waals surface area contributed by atoms with Crippen molar-refractivity contribution in [3.63, 3.8) is 0 Å². The van der Waals surface area contributed by atoms with Crippen LogP contribution in [0.4, 0.5) is 0 Å². The zero-order chi connectivity index (χ0) is 12.4. The van der Waals surface area contributed by atoms with Gasteiger partial charge in [-0.25, -0.2) is 0 Å². The van der Waals surface area contributed by atoms with E-state index in [4.69, 9.17) is 10.5 Å². The third kappa shape index (κ3) is 3.76. The summed E-state index contributed by atoms with van der Waals surface area (Å²) in [4.78, 5) is 11.7. The van der Waals surface area contributed by atoms with Gasteiger partial charge in [0.05, 0.1) is 13.2 Å². The molecule has 94 valence electrons. The highest BCUT2D eigenvalue weighted by Crippen LogP contribution is 2.25. The molecule has 0 aromatic rings. The first-order valence-electron chi connectivity index (χ1n) is 5.83. The van der Waals surface area contributed by atoms with Gasteiger partial charge in [0.2, 0.25) is 5.91 Å². The van der Waals surface area contributed by atoms with Gasteiger partial charge in [0.15, 0.2) is 0 Å². The summed E-state index contributed by atoms with van der Waals surface area (Å²) in [7, 11) is 0. The normalized spacial score (nSPS) is 21.1. The number of carbonyl (C=O) groups is 1. The SMILES string of the molecule is CC1(CNC(=O)CC(N)C(C)(C)C)COC1. The van der Waals surface area contributed by atoms with Crippen molar-refractivity contribution < 1.29 is 9.53 Å². The maximum atomic E-state index is 11.7. The van der Waals surface area contributed by atoms with Gasteiger partial charge in [0.1, 0.15) is 0 Å². The fourth-order valence-electron chi connectivity index (χ4n) is 1.44. The minimum absolute atomic E-state index is 0.0270. The van der Waals surface area contributed by atoms with Gasteiger partial charge < -0.3 is 15.8 Å². The molecule has 0 aromatic carbocycles. The monoisotopic (exact) mass is 228 g/mol. The molecule has 4 nitrogen and oxygen atoms in total. The summed E-state index contributed by atoms with van der Waals surface area (Å²) in [6.45, 7) is 10.4. The molecule has 0 saturated carbocycles. The molecule has 1 rings (SSSR count). The summed E-state index contributed by atoms with van der Waals surface area (Å²) in [5.74, 6) is 0.0375. The van der Waals surface area contributed by atoms with Crippen LogP contribution in [0.25, 0.3) is 0 Å². The van der Waals surface area contributed by atoms with Gasteiger partial charge in [-0.3, -0.25) is 4.79 Å². The molecule has 1 amide bonds. The number of rotatable bonds is 4. The van der Waals surface area contributed by atoms with Crippen LogP contribution < -0.4 is 11.1 Å². The minimum atomic E-state index is -0.0991. The Morgan fingerprint density at radius 3 is 2.44 bits per heavy atom. The average molecular weight is 228 g/mol. The Bertz CT molecular complexity index is 254. The molecular weight excluding hydrogens is 204 g/mol. The fourth-order valence-corrected chi connectivity index (χ4v) is 1.44. The summed E-state index contributed by atoms with van der Waals surface area (Å²) >= 11 is 0. The Morgan fingerprint density at radius 2 is 2.06 bits per heavy atom. The Balaban J connectivity index is 2.25. The van der Waals surface area contributed by atoms with Crippen molar-refractivity contribution in [3.8, 4) is 0 Å². The van der Waals surface area contributed by atoms with E-state index < -0.39 is 0 Å². The third-order valence-electron chi connectivity index (χ3n) is 3.13. The quantitative estimate of drug-likeness (QED) is 0.751. The Morgan fingerprint density at radius 1 is 1.50 bits per heavy atom. The third-order valence-corrected chi connectivity index (χ3v) is 3.13. The zero-order valence-corrected chi connectivity index (χ0v) is 10.8. The van der Waals surface area contributed by atoms with E-state index in [2.05, 4.69) is 12.2 Å². The van der Waals surface area contributed by atoms with Crippen LogP contribution in [0.5, 0.6) is 0 Å². The molecule has 4 heteroatoms. The van der Waals surface area contributed by atoms with Gasteiger partial charge in [-0.05, 0) is 5.41 Å². The zero-order valence-electron chi connectivity index (χ0n) is 10.8. The molecule has 1 aliphatic heterocycles. The van der Waals surface area contributed by atoms with Crippen LogP contribution in [-0.4, -0.2) is 31.7 Å². The summed E-state index contributed by atoms with van der Waals surface area (Å²) in [6.07, 6.45) is 0.389. The van der Waals surface area contributed by atoms with E-state index >= 15 is 0 Å². The van der Waals surface area contributed by atoms with Gasteiger partial charge in [0, 0.05) is 24.4 Å². The van der Waals surface area contributed by atoms with Crippen LogP contribution in [0.15, 0.2) is 0 Å². The highest BCUT2D eigenvalue weighted by atomic mass is 16.5. The van der Waals surface area contributed by atoms with Crippen molar-refractivity contribution in [2.24, 2.45) is 16.6 Å². The van der Waals surface area contributed by atoms with E-state index in [1.165, 1.54) is 0 Å². The molecule has 0 bridgehead atoms. The van der Waals surface area contributed by atoms with Crippen molar-refractivity contribution in [2.75, 3.05) is 19.8 Å². The first-order chi connectivity index (χ1) is 7.23. The van der Waals surface area contributed by atoms with Gasteiger partial charge in [-0.15, -0.1) is 0 Å². The van der Waals surface area contributed by atoms with Crippen LogP contribution in [0, 0.1) is 10.8 Å². The molecule has 3 N–H and O–H groups in total. The van der Waals surface area contributed by atoms with Gasteiger partial charge in [-0.1, -0.05) is 27.7 Å². The lowest BCUT2D eigenvalue weighted by Crippen LogP contribution is -2.49. The molecule has 1 aliphatic rings. The summed E-state index contributed by atoms with van der Waals surface area (Å²) in [6, 6.07) is -0.0991. The van der Waals surface area contributed by atoms with Crippen molar-refractivity contribution in [1.82, 2.24) is 5.32 Å². The van der Waals surface area contributed by atoms with Gasteiger partial charge in [-0.2, -0.15) is 0 Å². The lowest BCUT2D eigenvalue weighted by molar-refractivity contribution is -0.127. The Hall–Kier alpha value is -0.610. The molecule has 1 unspecified atom stereocenters. The standard InChI is InChI=1S/C12H24N2O2/c1-11(2,3)9(13)5-10(15)14-6-12(4)7-16-8-12/h9H,5-8,13H2,1-4H3,(H,14,15). The first kappa shape index (κ1) is 13.5. The second-order valence-corrected chi connectivity index (χ2v) is 6.26. The first-order valence-corrected chi connectivity index (χ1v) is 5.83. The molecule has 1 fully saturated rings. The lowest BCUT2D eigenvalue weighted by atomic mass is 9.85. The van der Waals surface area contributed by atoms with Crippen LogP contribution in [0.3, 0.4) is 0 Å². The highest BCUT2D eigenvalue weighted by Gasteiger charge is 2.33. The fraction of sp³-hybridized carbons (Fsp3) is 0.917. The second-order valence-electron chi connectivity index (χ2n) is 6.26.